The van der Waals surface area contributed by atoms with Crippen molar-refractivity contribution < 1.29 is 9.47 Å². The summed E-state index contributed by atoms with van der Waals surface area (Å²) in [6, 6.07) is 7.94. The number of rotatable bonds is 9. The summed E-state index contributed by atoms with van der Waals surface area (Å²) in [6.45, 7) is 8.19. The van der Waals surface area contributed by atoms with Crippen LogP contribution in [-0.2, 0) is 0 Å². The van der Waals surface area contributed by atoms with Gasteiger partial charge in [0.1, 0.15) is 18.1 Å². The second-order valence-electron chi connectivity index (χ2n) is 6.01. The van der Waals surface area contributed by atoms with Crippen molar-refractivity contribution in [3.63, 3.8) is 0 Å². The molecule has 1 saturated heterocycles. The molecule has 0 aromatic heterocycles. The van der Waals surface area contributed by atoms with Gasteiger partial charge in [0, 0.05) is 6.54 Å². The van der Waals surface area contributed by atoms with Gasteiger partial charge in [0.15, 0.2) is 0 Å². The molecule has 1 N–H and O–H groups in total. The van der Waals surface area contributed by atoms with Gasteiger partial charge in [-0.05, 0) is 76.1 Å². The summed E-state index contributed by atoms with van der Waals surface area (Å²) in [5.74, 6) is 2.69. The van der Waals surface area contributed by atoms with Crippen LogP contribution >= 0.6 is 0 Å². The molecule has 0 saturated carbocycles. The summed E-state index contributed by atoms with van der Waals surface area (Å²) in [7, 11) is 2.04. The molecule has 2 rings (SSSR count). The Morgan fingerprint density at radius 2 is 1.64 bits per heavy atom. The zero-order chi connectivity index (χ0) is 15.6. The monoisotopic (exact) mass is 306 g/mol. The molecule has 1 fully saturated rings. The maximum Gasteiger partial charge on any atom is 0.119 e. The van der Waals surface area contributed by atoms with Crippen LogP contribution < -0.4 is 14.8 Å². The summed E-state index contributed by atoms with van der Waals surface area (Å²) in [6.07, 6.45) is 3.62. The number of nitrogens with zero attached hydrogens (tertiary/aromatic N) is 1. The quantitative estimate of drug-likeness (QED) is 0.760. The van der Waals surface area contributed by atoms with E-state index in [1.54, 1.807) is 0 Å². The van der Waals surface area contributed by atoms with Crippen molar-refractivity contribution in [3.05, 3.63) is 24.3 Å². The Morgan fingerprint density at radius 3 is 2.18 bits per heavy atom. The van der Waals surface area contributed by atoms with Crippen LogP contribution in [0.4, 0.5) is 0 Å². The van der Waals surface area contributed by atoms with Gasteiger partial charge in [0.25, 0.3) is 0 Å². The van der Waals surface area contributed by atoms with E-state index in [4.69, 9.17) is 9.47 Å². The van der Waals surface area contributed by atoms with Crippen molar-refractivity contribution in [2.75, 3.05) is 46.4 Å². The van der Waals surface area contributed by atoms with Crippen molar-refractivity contribution in [2.24, 2.45) is 5.92 Å². The maximum absolute atomic E-state index is 5.83. The molecule has 0 aliphatic carbocycles. The first-order valence-electron chi connectivity index (χ1n) is 8.54. The highest BCUT2D eigenvalue weighted by atomic mass is 16.5. The maximum atomic E-state index is 5.83. The van der Waals surface area contributed by atoms with E-state index in [1.165, 1.54) is 25.9 Å². The molecule has 0 unspecified atom stereocenters. The summed E-state index contributed by atoms with van der Waals surface area (Å²) in [4.78, 5) is 2.50. The lowest BCUT2D eigenvalue weighted by atomic mass is 9.97. The lowest BCUT2D eigenvalue weighted by Crippen LogP contribution is -2.38. The molecule has 1 heterocycles. The standard InChI is InChI=1S/C18H30N2O2/c1-3-13-21-17-4-6-18(7-5-17)22-14-12-20-10-8-16(9-11-20)15-19-2/h4-7,16,19H,3,8-15H2,1-2H3. The second kappa shape index (κ2) is 9.70. The van der Waals surface area contributed by atoms with E-state index in [-0.39, 0.29) is 0 Å². The third-order valence-electron chi connectivity index (χ3n) is 4.17. The molecule has 0 amide bonds. The van der Waals surface area contributed by atoms with Crippen LogP contribution in [-0.4, -0.2) is 51.3 Å². The van der Waals surface area contributed by atoms with Crippen molar-refractivity contribution in [1.29, 1.82) is 0 Å². The molecule has 1 aliphatic heterocycles. The van der Waals surface area contributed by atoms with Crippen molar-refractivity contribution in [1.82, 2.24) is 10.2 Å². The van der Waals surface area contributed by atoms with Crippen LogP contribution in [0.2, 0.25) is 0 Å². The highest BCUT2D eigenvalue weighted by molar-refractivity contribution is 5.31. The number of hydrogen-bond acceptors (Lipinski definition) is 4. The lowest BCUT2D eigenvalue weighted by Gasteiger charge is -2.31. The van der Waals surface area contributed by atoms with E-state index in [0.29, 0.717) is 0 Å². The molecule has 0 atom stereocenters. The zero-order valence-corrected chi connectivity index (χ0v) is 14.0. The molecule has 22 heavy (non-hydrogen) atoms. The molecule has 1 aromatic rings. The average Bonchev–Trinajstić information content (AvgIpc) is 2.56. The van der Waals surface area contributed by atoms with Crippen molar-refractivity contribution >= 4 is 0 Å². The van der Waals surface area contributed by atoms with Crippen LogP contribution in [0.3, 0.4) is 0 Å². The topological polar surface area (TPSA) is 33.7 Å². The summed E-state index contributed by atoms with van der Waals surface area (Å²) in [5.41, 5.74) is 0. The molecule has 4 nitrogen and oxygen atoms in total. The van der Waals surface area contributed by atoms with E-state index >= 15 is 0 Å². The second-order valence-corrected chi connectivity index (χ2v) is 6.01. The van der Waals surface area contributed by atoms with E-state index in [0.717, 1.165) is 50.1 Å². The molecular weight excluding hydrogens is 276 g/mol. The van der Waals surface area contributed by atoms with Crippen LogP contribution in [0.25, 0.3) is 0 Å². The molecule has 0 radical (unpaired) electrons. The molecule has 4 heteroatoms. The fourth-order valence-electron chi connectivity index (χ4n) is 2.85. The number of hydrogen-bond donors (Lipinski definition) is 1. The third-order valence-corrected chi connectivity index (χ3v) is 4.17. The predicted octanol–water partition coefficient (Wildman–Crippen LogP) is 2.79. The highest BCUT2D eigenvalue weighted by Gasteiger charge is 2.18. The first-order valence-corrected chi connectivity index (χ1v) is 8.54. The summed E-state index contributed by atoms with van der Waals surface area (Å²) < 4.78 is 11.4. The highest BCUT2D eigenvalue weighted by Crippen LogP contribution is 2.19. The van der Waals surface area contributed by atoms with Gasteiger partial charge in [0.2, 0.25) is 0 Å². The average molecular weight is 306 g/mol. The van der Waals surface area contributed by atoms with Crippen LogP contribution in [0.1, 0.15) is 26.2 Å². The van der Waals surface area contributed by atoms with Gasteiger partial charge in [-0.1, -0.05) is 6.92 Å². The predicted molar refractivity (Wildman–Crippen MR) is 90.8 cm³/mol. The molecule has 1 aliphatic rings. The lowest BCUT2D eigenvalue weighted by molar-refractivity contribution is 0.154. The fraction of sp³-hybridized carbons (Fsp3) is 0.667. The first kappa shape index (κ1) is 17.1. The zero-order valence-electron chi connectivity index (χ0n) is 14.0. The van der Waals surface area contributed by atoms with Crippen molar-refractivity contribution in [2.45, 2.75) is 26.2 Å². The van der Waals surface area contributed by atoms with Crippen LogP contribution in [0.5, 0.6) is 11.5 Å². The Labute approximate surface area is 134 Å². The van der Waals surface area contributed by atoms with Gasteiger partial charge in [-0.25, -0.2) is 0 Å². The van der Waals surface area contributed by atoms with Gasteiger partial charge in [-0.15, -0.1) is 0 Å². The van der Waals surface area contributed by atoms with E-state index in [2.05, 4.69) is 17.1 Å². The minimum Gasteiger partial charge on any atom is -0.494 e. The van der Waals surface area contributed by atoms with E-state index in [9.17, 15) is 0 Å². The summed E-state index contributed by atoms with van der Waals surface area (Å²) in [5, 5.41) is 3.28. The fourth-order valence-corrected chi connectivity index (χ4v) is 2.85. The van der Waals surface area contributed by atoms with Gasteiger partial charge >= 0.3 is 0 Å². The van der Waals surface area contributed by atoms with Gasteiger partial charge < -0.3 is 14.8 Å². The van der Waals surface area contributed by atoms with Gasteiger partial charge in [-0.3, -0.25) is 4.90 Å². The molecule has 0 spiro atoms. The summed E-state index contributed by atoms with van der Waals surface area (Å²) >= 11 is 0. The number of ether oxygens (including phenoxy) is 2. The Balaban J connectivity index is 1.62. The molecule has 0 bridgehead atoms. The van der Waals surface area contributed by atoms with Crippen molar-refractivity contribution in [3.8, 4) is 11.5 Å². The molecular formula is C18H30N2O2. The minimum atomic E-state index is 0.756. The Kier molecular flexibility index (Phi) is 7.54. The smallest absolute Gasteiger partial charge is 0.119 e. The van der Waals surface area contributed by atoms with Gasteiger partial charge in [0.05, 0.1) is 6.61 Å². The Morgan fingerprint density at radius 1 is 1.05 bits per heavy atom. The van der Waals surface area contributed by atoms with Crippen LogP contribution in [0.15, 0.2) is 24.3 Å². The number of likely N-dealkylation sites (tertiary alicyclic amines) is 1. The Hall–Kier alpha value is -1.26. The number of nitrogens with one attached hydrogen (secondary N) is 1. The SMILES string of the molecule is CCCOc1ccc(OCCN2CCC(CNC)CC2)cc1. The first-order chi connectivity index (χ1) is 10.8. The number of piperidine rings is 1. The third kappa shape index (κ3) is 5.85. The normalized spacial score (nSPS) is 16.6. The van der Waals surface area contributed by atoms with Gasteiger partial charge in [-0.2, -0.15) is 0 Å². The molecule has 124 valence electrons. The van der Waals surface area contributed by atoms with E-state index in [1.807, 2.05) is 31.3 Å². The largest absolute Gasteiger partial charge is 0.494 e. The van der Waals surface area contributed by atoms with Crippen LogP contribution in [0, 0.1) is 5.92 Å². The Bertz CT molecular complexity index is 400. The molecule has 1 aromatic carbocycles. The van der Waals surface area contributed by atoms with E-state index < -0.39 is 0 Å². The minimum absolute atomic E-state index is 0.756. The number of benzene rings is 1.